The lowest BCUT2D eigenvalue weighted by atomic mass is 9.75. The molecule has 2 bridgehead atoms. The topological polar surface area (TPSA) is 26.3 Å². The first-order chi connectivity index (χ1) is 9.48. The minimum atomic E-state index is -7.01. The molecular formula is C9H3F11O2. The molecule has 3 unspecified atom stereocenters. The van der Waals surface area contributed by atoms with E-state index in [9.17, 15) is 53.1 Å². The SMILES string of the molecule is COC(=O)C1(F)C(F)(F)C2(F)C(F)(F)C(F)(F)C1(F)C2(F)F. The van der Waals surface area contributed by atoms with Gasteiger partial charge in [-0.05, 0) is 0 Å². The molecule has 0 amide bonds. The maximum absolute atomic E-state index is 14.0. The highest BCUT2D eigenvalue weighted by atomic mass is 19.3. The van der Waals surface area contributed by atoms with Gasteiger partial charge in [0.05, 0.1) is 7.11 Å². The molecule has 3 atom stereocenters. The molecule has 2 fully saturated rings. The van der Waals surface area contributed by atoms with E-state index in [1.165, 1.54) is 0 Å². The molecule has 0 spiro atoms. The number of methoxy groups -OCH3 is 1. The van der Waals surface area contributed by atoms with Gasteiger partial charge >= 0.3 is 41.0 Å². The third kappa shape index (κ3) is 0.946. The highest BCUT2D eigenvalue weighted by Crippen LogP contribution is 2.83. The largest absolute Gasteiger partial charge is 0.466 e. The Balaban J connectivity index is 3.02. The van der Waals surface area contributed by atoms with E-state index < -0.39 is 46.7 Å². The lowest BCUT2D eigenvalue weighted by Crippen LogP contribution is -2.78. The molecule has 2 aliphatic rings. The van der Waals surface area contributed by atoms with E-state index in [0.29, 0.717) is 0 Å². The van der Waals surface area contributed by atoms with Crippen LogP contribution in [0.3, 0.4) is 0 Å². The van der Waals surface area contributed by atoms with E-state index in [4.69, 9.17) is 0 Å². The van der Waals surface area contributed by atoms with E-state index in [0.717, 1.165) is 0 Å². The molecule has 128 valence electrons. The Morgan fingerprint density at radius 3 is 1.32 bits per heavy atom. The Kier molecular flexibility index (Phi) is 2.67. The van der Waals surface area contributed by atoms with Crippen LogP contribution in [0.25, 0.3) is 0 Å². The zero-order valence-electron chi connectivity index (χ0n) is 9.97. The number of rotatable bonds is 1. The van der Waals surface area contributed by atoms with Crippen LogP contribution in [0.2, 0.25) is 0 Å². The molecule has 0 radical (unpaired) electrons. The highest BCUT2D eigenvalue weighted by molar-refractivity contribution is 5.87. The van der Waals surface area contributed by atoms with Gasteiger partial charge in [-0.15, -0.1) is 0 Å². The second-order valence-electron chi connectivity index (χ2n) is 4.76. The van der Waals surface area contributed by atoms with Crippen LogP contribution in [0, 0.1) is 0 Å². The summed E-state index contributed by atoms with van der Waals surface area (Å²) in [5.41, 5.74) is -20.2. The van der Waals surface area contributed by atoms with E-state index >= 15 is 0 Å². The van der Waals surface area contributed by atoms with Crippen molar-refractivity contribution in [3.63, 3.8) is 0 Å². The second kappa shape index (κ2) is 3.45. The van der Waals surface area contributed by atoms with E-state index in [-0.39, 0.29) is 7.11 Å². The third-order valence-corrected chi connectivity index (χ3v) is 3.93. The first kappa shape index (κ1) is 17.1. The molecule has 0 N–H and O–H groups in total. The van der Waals surface area contributed by atoms with E-state index in [2.05, 4.69) is 4.74 Å². The van der Waals surface area contributed by atoms with Gasteiger partial charge in [0.25, 0.3) is 5.67 Å². The summed E-state index contributed by atoms with van der Waals surface area (Å²) in [6.07, 6.45) is 0. The fraction of sp³-hybridized carbons (Fsp3) is 0.889. The fourth-order valence-corrected chi connectivity index (χ4v) is 2.75. The first-order valence-corrected chi connectivity index (χ1v) is 5.15. The van der Waals surface area contributed by atoms with Crippen molar-refractivity contribution < 1.29 is 57.8 Å². The maximum Gasteiger partial charge on any atom is 0.359 e. The normalized spacial score (nSPS) is 46.5. The predicted octanol–water partition coefficient (Wildman–Crippen LogP) is 2.85. The van der Waals surface area contributed by atoms with Crippen molar-refractivity contribution >= 4 is 5.97 Å². The highest BCUT2D eigenvalue weighted by Gasteiger charge is 3.18. The molecule has 0 aliphatic heterocycles. The number of ether oxygens (including phenoxy) is 1. The number of carbonyl (C=O) groups excluding carboxylic acids is 1. The lowest BCUT2D eigenvalue weighted by molar-refractivity contribution is -0.370. The van der Waals surface area contributed by atoms with Gasteiger partial charge in [0.1, 0.15) is 0 Å². The summed E-state index contributed by atoms with van der Waals surface area (Å²) in [6.45, 7) is 0. The Labute approximate surface area is 113 Å². The van der Waals surface area contributed by atoms with Gasteiger partial charge in [-0.2, -0.15) is 35.1 Å². The summed E-state index contributed by atoms with van der Waals surface area (Å²) in [5.74, 6) is -31.2. The molecule has 0 saturated heterocycles. The number of carbonyl (C=O) groups is 1. The van der Waals surface area contributed by atoms with E-state index in [1.54, 1.807) is 0 Å². The van der Waals surface area contributed by atoms with Crippen molar-refractivity contribution in [3.8, 4) is 0 Å². The molecule has 0 aromatic rings. The summed E-state index contributed by atoms with van der Waals surface area (Å²) in [5, 5.41) is 0. The summed E-state index contributed by atoms with van der Waals surface area (Å²) >= 11 is 0. The number of halogens is 11. The van der Waals surface area contributed by atoms with Gasteiger partial charge in [0, 0.05) is 0 Å². The second-order valence-corrected chi connectivity index (χ2v) is 4.76. The molecule has 2 aliphatic carbocycles. The van der Waals surface area contributed by atoms with Crippen LogP contribution in [0.1, 0.15) is 0 Å². The van der Waals surface area contributed by atoms with Crippen LogP contribution in [-0.4, -0.2) is 53.8 Å². The maximum atomic E-state index is 14.0. The minimum absolute atomic E-state index is 0.00553. The van der Waals surface area contributed by atoms with Crippen molar-refractivity contribution in [1.29, 1.82) is 0 Å². The zero-order valence-corrected chi connectivity index (χ0v) is 9.97. The fourth-order valence-electron chi connectivity index (χ4n) is 2.75. The number of hydrogen-bond donors (Lipinski definition) is 0. The Morgan fingerprint density at radius 1 is 0.636 bits per heavy atom. The Bertz CT molecular complexity index is 560. The summed E-state index contributed by atoms with van der Waals surface area (Å²) in [6, 6.07) is 0. The van der Waals surface area contributed by atoms with Crippen molar-refractivity contribution in [2.75, 3.05) is 7.11 Å². The quantitative estimate of drug-likeness (QED) is 0.536. The van der Waals surface area contributed by atoms with Crippen LogP contribution < -0.4 is 0 Å². The molecule has 2 rings (SSSR count). The molecule has 13 heteroatoms. The van der Waals surface area contributed by atoms with Crippen LogP contribution in [-0.2, 0) is 9.53 Å². The molecule has 2 saturated carbocycles. The number of alkyl halides is 11. The van der Waals surface area contributed by atoms with Crippen LogP contribution in [0.4, 0.5) is 48.3 Å². The van der Waals surface area contributed by atoms with Gasteiger partial charge in [-0.3, -0.25) is 0 Å². The van der Waals surface area contributed by atoms with Crippen LogP contribution in [0.15, 0.2) is 0 Å². The molecule has 0 aromatic carbocycles. The van der Waals surface area contributed by atoms with Crippen LogP contribution >= 0.6 is 0 Å². The molecule has 0 aromatic heterocycles. The Hall–Kier alpha value is -1.30. The summed E-state index contributed by atoms with van der Waals surface area (Å²) in [7, 11) is -0.00553. The van der Waals surface area contributed by atoms with Crippen molar-refractivity contribution in [3.05, 3.63) is 0 Å². The zero-order chi connectivity index (χ0) is 17.8. The number of esters is 1. The van der Waals surface area contributed by atoms with Gasteiger partial charge < -0.3 is 4.74 Å². The minimum Gasteiger partial charge on any atom is -0.466 e. The summed E-state index contributed by atoms with van der Waals surface area (Å²) in [4.78, 5) is 10.9. The number of fused-ring (bicyclic) bond motifs is 2. The van der Waals surface area contributed by atoms with Crippen LogP contribution in [0.5, 0.6) is 0 Å². The smallest absolute Gasteiger partial charge is 0.359 e. The lowest BCUT2D eigenvalue weighted by Gasteiger charge is -2.44. The standard InChI is InChI=1S/C9H3F11O2/c1-22-2(21)3(10)4(11)7(15,16)5(12,6(3,13)14)9(19,20)8(4,17)18/h1H3. The number of hydrogen-bond acceptors (Lipinski definition) is 2. The molecule has 2 nitrogen and oxygen atoms in total. The molecule has 22 heavy (non-hydrogen) atoms. The average molecular weight is 352 g/mol. The Morgan fingerprint density at radius 2 is 1.00 bits per heavy atom. The third-order valence-electron chi connectivity index (χ3n) is 3.93. The van der Waals surface area contributed by atoms with Gasteiger partial charge in [0.15, 0.2) is 0 Å². The van der Waals surface area contributed by atoms with E-state index in [1.807, 2.05) is 0 Å². The van der Waals surface area contributed by atoms with Crippen molar-refractivity contribution in [2.45, 2.75) is 40.7 Å². The predicted molar refractivity (Wildman–Crippen MR) is 43.3 cm³/mol. The average Bonchev–Trinajstić information content (AvgIpc) is 2.51. The summed E-state index contributed by atoms with van der Waals surface area (Å²) < 4.78 is 151. The van der Waals surface area contributed by atoms with Crippen molar-refractivity contribution in [1.82, 2.24) is 0 Å². The van der Waals surface area contributed by atoms with Crippen molar-refractivity contribution in [2.24, 2.45) is 0 Å². The molecular weight excluding hydrogens is 349 g/mol. The monoisotopic (exact) mass is 352 g/mol. The van der Waals surface area contributed by atoms with Gasteiger partial charge in [-0.1, -0.05) is 0 Å². The molecule has 0 heterocycles. The van der Waals surface area contributed by atoms with Gasteiger partial charge in [-0.25, -0.2) is 18.0 Å². The first-order valence-electron chi connectivity index (χ1n) is 5.15. The van der Waals surface area contributed by atoms with Gasteiger partial charge in [0.2, 0.25) is 0 Å².